The molecule has 0 amide bonds. The van der Waals surface area contributed by atoms with Crippen molar-refractivity contribution in [2.24, 2.45) is 0 Å². The average Bonchev–Trinajstić information content (AvgIpc) is 2.61. The number of nitrogens with zero attached hydrogens (tertiary/aromatic N) is 1. The van der Waals surface area contributed by atoms with E-state index in [0.29, 0.717) is 24.1 Å². The van der Waals surface area contributed by atoms with Crippen molar-refractivity contribution >= 4 is 15.5 Å². The molecule has 0 aliphatic carbocycles. The fourth-order valence-corrected chi connectivity index (χ4v) is 4.98. The van der Waals surface area contributed by atoms with E-state index in [2.05, 4.69) is 34.5 Å². The summed E-state index contributed by atoms with van der Waals surface area (Å²) in [5.74, 6) is 0.608. The molecule has 5 heteroatoms. The highest BCUT2D eigenvalue weighted by atomic mass is 32.2. The van der Waals surface area contributed by atoms with E-state index in [1.165, 1.54) is 11.3 Å². The Kier molecular flexibility index (Phi) is 3.73. The van der Waals surface area contributed by atoms with Crippen LogP contribution in [-0.2, 0) is 16.3 Å². The van der Waals surface area contributed by atoms with E-state index in [1.807, 2.05) is 6.92 Å². The predicted octanol–water partition coefficient (Wildman–Crippen LogP) is 1.53. The van der Waals surface area contributed by atoms with E-state index in [-0.39, 0.29) is 6.04 Å². The number of hydrogen-bond donors (Lipinski definition) is 1. The summed E-state index contributed by atoms with van der Waals surface area (Å²) in [4.78, 5) is 2.37. The minimum Gasteiger partial charge on any atom is -0.383 e. The maximum absolute atomic E-state index is 11.7. The molecule has 1 saturated heterocycles. The third-order valence-electron chi connectivity index (χ3n) is 4.48. The summed E-state index contributed by atoms with van der Waals surface area (Å²) in [5, 5.41) is 3.52. The summed E-state index contributed by atoms with van der Waals surface area (Å²) in [6.45, 7) is 3.61. The maximum Gasteiger partial charge on any atom is 0.153 e. The van der Waals surface area contributed by atoms with Gasteiger partial charge in [-0.3, -0.25) is 4.90 Å². The highest BCUT2D eigenvalue weighted by Crippen LogP contribution is 2.25. The Balaban J connectivity index is 1.71. The summed E-state index contributed by atoms with van der Waals surface area (Å²) in [5.41, 5.74) is 2.60. The second kappa shape index (κ2) is 5.37. The second-order valence-electron chi connectivity index (χ2n) is 5.93. The van der Waals surface area contributed by atoms with Crippen molar-refractivity contribution < 1.29 is 8.42 Å². The van der Waals surface area contributed by atoms with Crippen molar-refractivity contribution in [2.45, 2.75) is 31.8 Å². The molecule has 0 saturated carbocycles. The van der Waals surface area contributed by atoms with Crippen LogP contribution in [0.25, 0.3) is 0 Å². The SMILES string of the molecule is CC1CS(=O)(=O)CCN1C1CCc2ccccc2NC1. The molecule has 4 nitrogen and oxygen atoms in total. The Labute approximate surface area is 121 Å². The predicted molar refractivity (Wildman–Crippen MR) is 81.9 cm³/mol. The number of anilines is 1. The lowest BCUT2D eigenvalue weighted by atomic mass is 10.0. The number of nitrogens with one attached hydrogen (secondary N) is 1. The summed E-state index contributed by atoms with van der Waals surface area (Å²) in [7, 11) is -2.83. The lowest BCUT2D eigenvalue weighted by molar-refractivity contribution is 0.158. The second-order valence-corrected chi connectivity index (χ2v) is 8.16. The molecule has 1 N–H and O–H groups in total. The molecule has 0 spiro atoms. The maximum atomic E-state index is 11.7. The largest absolute Gasteiger partial charge is 0.383 e. The molecule has 2 heterocycles. The van der Waals surface area contributed by atoms with Gasteiger partial charge in [0, 0.05) is 30.9 Å². The molecule has 0 radical (unpaired) electrons. The van der Waals surface area contributed by atoms with Crippen LogP contribution < -0.4 is 5.32 Å². The number of sulfone groups is 1. The van der Waals surface area contributed by atoms with E-state index in [1.54, 1.807) is 0 Å². The smallest absolute Gasteiger partial charge is 0.153 e. The molecule has 1 fully saturated rings. The van der Waals surface area contributed by atoms with Crippen LogP contribution in [0.4, 0.5) is 5.69 Å². The Hall–Kier alpha value is -1.07. The van der Waals surface area contributed by atoms with Gasteiger partial charge in [-0.05, 0) is 31.4 Å². The molecule has 1 aromatic rings. The lowest BCUT2D eigenvalue weighted by Crippen LogP contribution is -2.53. The first-order chi connectivity index (χ1) is 9.55. The number of hydrogen-bond acceptors (Lipinski definition) is 4. The first-order valence-electron chi connectivity index (χ1n) is 7.33. The van der Waals surface area contributed by atoms with Gasteiger partial charge in [0.2, 0.25) is 0 Å². The van der Waals surface area contributed by atoms with Crippen LogP contribution in [-0.4, -0.2) is 50.0 Å². The molecule has 20 heavy (non-hydrogen) atoms. The molecule has 0 aromatic heterocycles. The lowest BCUT2D eigenvalue weighted by Gasteiger charge is -2.39. The number of rotatable bonds is 1. The molecular weight excluding hydrogens is 272 g/mol. The van der Waals surface area contributed by atoms with Gasteiger partial charge in [0.25, 0.3) is 0 Å². The molecule has 2 aliphatic heterocycles. The Morgan fingerprint density at radius 3 is 2.90 bits per heavy atom. The zero-order valence-corrected chi connectivity index (χ0v) is 12.7. The van der Waals surface area contributed by atoms with Crippen molar-refractivity contribution in [1.82, 2.24) is 4.90 Å². The molecule has 2 aliphatic rings. The standard InChI is InChI=1S/C15H22N2O2S/c1-12-11-20(18,19)9-8-17(12)14-7-6-13-4-2-3-5-15(13)16-10-14/h2-5,12,14,16H,6-11H2,1H3. The number of benzene rings is 1. The number of para-hydroxylation sites is 1. The van der Waals surface area contributed by atoms with Crippen LogP contribution in [0.15, 0.2) is 24.3 Å². The van der Waals surface area contributed by atoms with Gasteiger partial charge in [-0.25, -0.2) is 8.42 Å². The van der Waals surface area contributed by atoms with Crippen molar-refractivity contribution in [1.29, 1.82) is 0 Å². The van der Waals surface area contributed by atoms with Gasteiger partial charge in [0.15, 0.2) is 9.84 Å². The highest BCUT2D eigenvalue weighted by Gasteiger charge is 2.33. The van der Waals surface area contributed by atoms with Gasteiger partial charge in [0.1, 0.15) is 0 Å². The van der Waals surface area contributed by atoms with Crippen LogP contribution in [0.1, 0.15) is 18.9 Å². The third-order valence-corrected chi connectivity index (χ3v) is 6.28. The normalized spacial score (nSPS) is 30.1. The minimum absolute atomic E-state index is 0.127. The number of aryl methyl sites for hydroxylation is 1. The van der Waals surface area contributed by atoms with Crippen molar-refractivity contribution in [3.05, 3.63) is 29.8 Å². The molecule has 3 rings (SSSR count). The van der Waals surface area contributed by atoms with E-state index >= 15 is 0 Å². The van der Waals surface area contributed by atoms with Gasteiger partial charge in [-0.1, -0.05) is 18.2 Å². The topological polar surface area (TPSA) is 49.4 Å². The number of fused-ring (bicyclic) bond motifs is 1. The van der Waals surface area contributed by atoms with E-state index in [4.69, 9.17) is 0 Å². The van der Waals surface area contributed by atoms with E-state index in [9.17, 15) is 8.42 Å². The fraction of sp³-hybridized carbons (Fsp3) is 0.600. The van der Waals surface area contributed by atoms with Crippen LogP contribution in [0.3, 0.4) is 0 Å². The molecule has 0 bridgehead atoms. The molecule has 2 atom stereocenters. The highest BCUT2D eigenvalue weighted by molar-refractivity contribution is 7.91. The zero-order valence-electron chi connectivity index (χ0n) is 11.9. The van der Waals surface area contributed by atoms with Crippen LogP contribution >= 0.6 is 0 Å². The first kappa shape index (κ1) is 13.9. The van der Waals surface area contributed by atoms with Crippen molar-refractivity contribution in [3.8, 4) is 0 Å². The van der Waals surface area contributed by atoms with Gasteiger partial charge in [-0.15, -0.1) is 0 Å². The van der Waals surface area contributed by atoms with E-state index < -0.39 is 9.84 Å². The minimum atomic E-state index is -2.83. The molecule has 2 unspecified atom stereocenters. The van der Waals surface area contributed by atoms with Crippen LogP contribution in [0, 0.1) is 0 Å². The summed E-state index contributed by atoms with van der Waals surface area (Å²) in [6.07, 6.45) is 2.15. The Morgan fingerprint density at radius 2 is 2.10 bits per heavy atom. The average molecular weight is 294 g/mol. The van der Waals surface area contributed by atoms with Gasteiger partial charge < -0.3 is 5.32 Å². The van der Waals surface area contributed by atoms with Crippen LogP contribution in [0.2, 0.25) is 0 Å². The monoisotopic (exact) mass is 294 g/mol. The summed E-state index contributed by atoms with van der Waals surface area (Å²) < 4.78 is 23.4. The molecule has 110 valence electrons. The van der Waals surface area contributed by atoms with E-state index in [0.717, 1.165) is 19.4 Å². The first-order valence-corrected chi connectivity index (χ1v) is 9.15. The molecular formula is C15H22N2O2S. The van der Waals surface area contributed by atoms with Crippen LogP contribution in [0.5, 0.6) is 0 Å². The Bertz CT molecular complexity index is 558. The summed E-state index contributed by atoms with van der Waals surface area (Å²) in [6, 6.07) is 8.99. The van der Waals surface area contributed by atoms with Gasteiger partial charge >= 0.3 is 0 Å². The quantitative estimate of drug-likeness (QED) is 0.853. The van der Waals surface area contributed by atoms with Crippen molar-refractivity contribution in [2.75, 3.05) is 29.9 Å². The Morgan fingerprint density at radius 1 is 1.30 bits per heavy atom. The fourth-order valence-electron chi connectivity index (χ4n) is 3.40. The third kappa shape index (κ3) is 2.83. The van der Waals surface area contributed by atoms with Gasteiger partial charge in [0.05, 0.1) is 11.5 Å². The van der Waals surface area contributed by atoms with Crippen molar-refractivity contribution in [3.63, 3.8) is 0 Å². The summed E-state index contributed by atoms with van der Waals surface area (Å²) >= 11 is 0. The van der Waals surface area contributed by atoms with Gasteiger partial charge in [-0.2, -0.15) is 0 Å². The molecule has 1 aromatic carbocycles. The zero-order chi connectivity index (χ0) is 14.2.